The molecule has 4 nitrogen and oxygen atoms in total. The fraction of sp³-hybridized carbons (Fsp3) is 0.400. The first-order valence-electron chi connectivity index (χ1n) is 6.70. The van der Waals surface area contributed by atoms with Gasteiger partial charge in [-0.15, -0.1) is 0 Å². The van der Waals surface area contributed by atoms with Crippen LogP contribution in [-0.4, -0.2) is 29.4 Å². The topological polar surface area (TPSA) is 36.3 Å². The van der Waals surface area contributed by atoms with Gasteiger partial charge in [0, 0.05) is 12.0 Å². The molecule has 5 heteroatoms. The van der Waals surface area contributed by atoms with Crippen molar-refractivity contribution in [1.82, 2.24) is 9.55 Å². The Morgan fingerprint density at radius 2 is 2.10 bits per heavy atom. The first-order valence-corrected chi connectivity index (χ1v) is 7.49. The average Bonchev–Trinajstić information content (AvgIpc) is 2.64. The Bertz CT molecular complexity index is 607. The van der Waals surface area contributed by atoms with Crippen LogP contribution >= 0.6 is 15.9 Å². The summed E-state index contributed by atoms with van der Waals surface area (Å²) in [5.41, 5.74) is 2.30. The van der Waals surface area contributed by atoms with E-state index >= 15 is 0 Å². The number of hydrogen-bond donors (Lipinski definition) is 0. The number of hydrogen-bond acceptors (Lipinski definition) is 3. The molecule has 0 unspecified atom stereocenters. The van der Waals surface area contributed by atoms with E-state index in [-0.39, 0.29) is 6.10 Å². The lowest BCUT2D eigenvalue weighted by molar-refractivity contribution is 0.0666. The normalized spacial score (nSPS) is 18.4. The van der Waals surface area contributed by atoms with Crippen LogP contribution in [0.5, 0.6) is 5.75 Å². The number of benzene rings is 1. The zero-order chi connectivity index (χ0) is 14.1. The highest BCUT2D eigenvalue weighted by atomic mass is 79.9. The first kappa shape index (κ1) is 13.6. The molecule has 0 fully saturated rings. The molecular weight excluding hydrogens is 320 g/mol. The second-order valence-electron chi connectivity index (χ2n) is 4.94. The SMILES string of the molecule is COc1ccc(-c2nc(Br)c3n2C[C@@H](C)OCC3)cc1. The third kappa shape index (κ3) is 2.47. The van der Waals surface area contributed by atoms with E-state index in [4.69, 9.17) is 9.47 Å². The molecule has 0 amide bonds. The van der Waals surface area contributed by atoms with Gasteiger partial charge >= 0.3 is 0 Å². The Kier molecular flexibility index (Phi) is 3.81. The van der Waals surface area contributed by atoms with E-state index in [0.717, 1.165) is 41.3 Å². The lowest BCUT2D eigenvalue weighted by Crippen LogP contribution is -2.14. The summed E-state index contributed by atoms with van der Waals surface area (Å²) in [5.74, 6) is 1.83. The van der Waals surface area contributed by atoms with Crippen molar-refractivity contribution in [3.05, 3.63) is 34.6 Å². The third-order valence-corrected chi connectivity index (χ3v) is 4.19. The van der Waals surface area contributed by atoms with Crippen molar-refractivity contribution >= 4 is 15.9 Å². The zero-order valence-corrected chi connectivity index (χ0v) is 13.2. The standard InChI is InChI=1S/C15H17BrN2O2/c1-10-9-18-13(7-8-20-10)14(16)17-15(18)11-3-5-12(19-2)6-4-11/h3-6,10H,7-9H2,1-2H3/t10-/m1/s1. The molecular formula is C15H17BrN2O2. The molecule has 1 aromatic heterocycles. The molecule has 3 rings (SSSR count). The highest BCUT2D eigenvalue weighted by Gasteiger charge is 2.21. The third-order valence-electron chi connectivity index (χ3n) is 3.55. The van der Waals surface area contributed by atoms with Crippen molar-refractivity contribution in [3.63, 3.8) is 0 Å². The van der Waals surface area contributed by atoms with E-state index < -0.39 is 0 Å². The van der Waals surface area contributed by atoms with Crippen LogP contribution in [0.3, 0.4) is 0 Å². The Morgan fingerprint density at radius 3 is 2.80 bits per heavy atom. The number of imidazole rings is 1. The highest BCUT2D eigenvalue weighted by Crippen LogP contribution is 2.29. The fourth-order valence-electron chi connectivity index (χ4n) is 2.52. The van der Waals surface area contributed by atoms with Gasteiger partial charge in [0.2, 0.25) is 0 Å². The van der Waals surface area contributed by atoms with Crippen molar-refractivity contribution in [2.24, 2.45) is 0 Å². The van der Waals surface area contributed by atoms with Gasteiger partial charge in [0.25, 0.3) is 0 Å². The summed E-state index contributed by atoms with van der Waals surface area (Å²) >= 11 is 3.57. The summed E-state index contributed by atoms with van der Waals surface area (Å²) in [7, 11) is 1.67. The maximum absolute atomic E-state index is 5.74. The van der Waals surface area contributed by atoms with Crippen LogP contribution in [-0.2, 0) is 17.7 Å². The largest absolute Gasteiger partial charge is 0.497 e. The van der Waals surface area contributed by atoms with Crippen LogP contribution < -0.4 is 4.74 Å². The van der Waals surface area contributed by atoms with Gasteiger partial charge in [-0.05, 0) is 47.1 Å². The minimum Gasteiger partial charge on any atom is -0.497 e. The van der Waals surface area contributed by atoms with Gasteiger partial charge in [-0.1, -0.05) is 0 Å². The van der Waals surface area contributed by atoms with Crippen LogP contribution in [0, 0.1) is 0 Å². The number of nitrogens with zero attached hydrogens (tertiary/aromatic N) is 2. The number of methoxy groups -OCH3 is 1. The second-order valence-corrected chi connectivity index (χ2v) is 5.69. The summed E-state index contributed by atoms with van der Waals surface area (Å²) in [4.78, 5) is 4.68. The van der Waals surface area contributed by atoms with Gasteiger partial charge in [0.1, 0.15) is 16.2 Å². The Labute approximate surface area is 126 Å². The monoisotopic (exact) mass is 336 g/mol. The molecule has 0 saturated carbocycles. The van der Waals surface area contributed by atoms with E-state index in [1.165, 1.54) is 5.69 Å². The van der Waals surface area contributed by atoms with Gasteiger partial charge in [-0.3, -0.25) is 0 Å². The molecule has 0 saturated heterocycles. The van der Waals surface area contributed by atoms with E-state index in [0.29, 0.717) is 0 Å². The lowest BCUT2D eigenvalue weighted by atomic mass is 10.2. The van der Waals surface area contributed by atoms with Crippen LogP contribution in [0.2, 0.25) is 0 Å². The molecule has 1 aliphatic rings. The molecule has 0 N–H and O–H groups in total. The van der Waals surface area contributed by atoms with E-state index in [1.54, 1.807) is 7.11 Å². The minimum atomic E-state index is 0.203. The summed E-state index contributed by atoms with van der Waals surface area (Å²) in [6.45, 7) is 3.67. The molecule has 0 aliphatic carbocycles. The molecule has 1 aliphatic heterocycles. The lowest BCUT2D eigenvalue weighted by Gasteiger charge is -2.12. The quantitative estimate of drug-likeness (QED) is 0.844. The summed E-state index contributed by atoms with van der Waals surface area (Å²) in [6, 6.07) is 8.00. The molecule has 0 spiro atoms. The van der Waals surface area contributed by atoms with Crippen LogP contribution in [0.15, 0.2) is 28.9 Å². The molecule has 1 atom stereocenters. The van der Waals surface area contributed by atoms with Crippen molar-refractivity contribution in [2.75, 3.05) is 13.7 Å². The second kappa shape index (κ2) is 5.58. The molecule has 106 valence electrons. The smallest absolute Gasteiger partial charge is 0.141 e. The zero-order valence-electron chi connectivity index (χ0n) is 11.6. The molecule has 20 heavy (non-hydrogen) atoms. The minimum absolute atomic E-state index is 0.203. The Balaban J connectivity index is 2.05. The Morgan fingerprint density at radius 1 is 1.35 bits per heavy atom. The molecule has 2 aromatic rings. The maximum atomic E-state index is 5.74. The molecule has 0 radical (unpaired) electrons. The first-order chi connectivity index (χ1) is 9.69. The number of aromatic nitrogens is 2. The summed E-state index contributed by atoms with van der Waals surface area (Å²) in [6.07, 6.45) is 1.09. The fourth-order valence-corrected chi connectivity index (χ4v) is 3.10. The number of ether oxygens (including phenoxy) is 2. The van der Waals surface area contributed by atoms with E-state index in [9.17, 15) is 0 Å². The van der Waals surface area contributed by atoms with E-state index in [2.05, 4.69) is 32.4 Å². The summed E-state index contributed by atoms with van der Waals surface area (Å²) in [5, 5.41) is 0. The summed E-state index contributed by atoms with van der Waals surface area (Å²) < 4.78 is 14.1. The van der Waals surface area contributed by atoms with Crippen LogP contribution in [0.4, 0.5) is 0 Å². The van der Waals surface area contributed by atoms with Crippen molar-refractivity contribution in [2.45, 2.75) is 26.0 Å². The van der Waals surface area contributed by atoms with Crippen LogP contribution in [0.1, 0.15) is 12.6 Å². The predicted octanol–water partition coefficient (Wildman–Crippen LogP) is 3.28. The number of fused-ring (bicyclic) bond motifs is 1. The number of rotatable bonds is 2. The van der Waals surface area contributed by atoms with Gasteiger partial charge < -0.3 is 14.0 Å². The van der Waals surface area contributed by atoms with Crippen molar-refractivity contribution in [1.29, 1.82) is 0 Å². The van der Waals surface area contributed by atoms with E-state index in [1.807, 2.05) is 24.3 Å². The van der Waals surface area contributed by atoms with Crippen molar-refractivity contribution < 1.29 is 9.47 Å². The van der Waals surface area contributed by atoms with Gasteiger partial charge in [-0.2, -0.15) is 0 Å². The maximum Gasteiger partial charge on any atom is 0.141 e. The molecule has 0 bridgehead atoms. The molecule has 2 heterocycles. The predicted molar refractivity (Wildman–Crippen MR) is 81.0 cm³/mol. The highest BCUT2D eigenvalue weighted by molar-refractivity contribution is 9.10. The van der Waals surface area contributed by atoms with Gasteiger partial charge in [-0.25, -0.2) is 4.98 Å². The van der Waals surface area contributed by atoms with Crippen LogP contribution in [0.25, 0.3) is 11.4 Å². The van der Waals surface area contributed by atoms with Gasteiger partial charge in [0.15, 0.2) is 0 Å². The van der Waals surface area contributed by atoms with Crippen molar-refractivity contribution in [3.8, 4) is 17.1 Å². The van der Waals surface area contributed by atoms with Gasteiger partial charge in [0.05, 0.1) is 32.1 Å². The average molecular weight is 337 g/mol. The number of halogens is 1. The molecule has 1 aromatic carbocycles. The Hall–Kier alpha value is -1.33.